The van der Waals surface area contributed by atoms with Crippen molar-refractivity contribution in [2.24, 2.45) is 0 Å². The Bertz CT molecular complexity index is 669. The van der Waals surface area contributed by atoms with E-state index in [1.807, 2.05) is 38.1 Å². The normalized spacial score (nSPS) is 10.1. The third kappa shape index (κ3) is 3.31. The molecule has 21 heavy (non-hydrogen) atoms. The summed E-state index contributed by atoms with van der Waals surface area (Å²) in [7, 11) is 3.40. The highest BCUT2D eigenvalue weighted by molar-refractivity contribution is 6.07. The molecule has 0 aliphatic carbocycles. The smallest absolute Gasteiger partial charge is 0.259 e. The predicted octanol–water partition coefficient (Wildman–Crippen LogP) is 3.00. The summed E-state index contributed by atoms with van der Waals surface area (Å²) < 4.78 is 5.21. The van der Waals surface area contributed by atoms with E-state index in [1.165, 1.54) is 0 Å². The van der Waals surface area contributed by atoms with Crippen LogP contribution in [0.2, 0.25) is 0 Å². The number of carbonyl (C=O) groups excluding carboxylic acids is 1. The zero-order valence-electron chi connectivity index (χ0n) is 12.7. The summed E-state index contributed by atoms with van der Waals surface area (Å²) in [5.74, 6) is 0.595. The summed E-state index contributed by atoms with van der Waals surface area (Å²) in [6.45, 7) is 3.82. The second-order valence-corrected chi connectivity index (χ2v) is 4.76. The fraction of sp³-hybridized carbons (Fsp3) is 0.250. The number of amides is 1. The number of aryl methyl sites for hydroxylation is 2. The third-order valence-electron chi connectivity index (χ3n) is 3.21. The van der Waals surface area contributed by atoms with Gasteiger partial charge in [-0.25, -0.2) is 0 Å². The highest BCUT2D eigenvalue weighted by Gasteiger charge is 2.12. The summed E-state index contributed by atoms with van der Waals surface area (Å²) in [5.41, 5.74) is 3.81. The molecule has 5 heteroatoms. The first-order valence-electron chi connectivity index (χ1n) is 6.65. The van der Waals surface area contributed by atoms with Crippen molar-refractivity contribution in [3.63, 3.8) is 0 Å². The summed E-state index contributed by atoms with van der Waals surface area (Å²) in [6, 6.07) is 7.35. The summed E-state index contributed by atoms with van der Waals surface area (Å²) in [6.07, 6.45) is 1.58. The molecule has 0 fully saturated rings. The molecule has 0 bridgehead atoms. The first kappa shape index (κ1) is 14.8. The van der Waals surface area contributed by atoms with Gasteiger partial charge >= 0.3 is 0 Å². The monoisotopic (exact) mass is 285 g/mol. The Morgan fingerprint density at radius 2 is 2.00 bits per heavy atom. The summed E-state index contributed by atoms with van der Waals surface area (Å²) in [5, 5.41) is 5.88. The number of nitrogens with one attached hydrogen (secondary N) is 2. The first-order valence-corrected chi connectivity index (χ1v) is 6.65. The molecule has 0 aliphatic heterocycles. The number of benzene rings is 1. The molecular formula is C16H19N3O2. The fourth-order valence-corrected chi connectivity index (χ4v) is 2.10. The van der Waals surface area contributed by atoms with Crippen molar-refractivity contribution in [2.45, 2.75) is 13.8 Å². The van der Waals surface area contributed by atoms with E-state index in [0.717, 1.165) is 28.4 Å². The van der Waals surface area contributed by atoms with Crippen LogP contribution in [-0.2, 0) is 0 Å². The average molecular weight is 285 g/mol. The minimum Gasteiger partial charge on any atom is -0.496 e. The van der Waals surface area contributed by atoms with Gasteiger partial charge in [-0.3, -0.25) is 9.78 Å². The zero-order chi connectivity index (χ0) is 15.4. The van der Waals surface area contributed by atoms with Crippen molar-refractivity contribution in [3.05, 3.63) is 47.3 Å². The Morgan fingerprint density at radius 3 is 2.62 bits per heavy atom. The molecular weight excluding hydrogens is 266 g/mol. The van der Waals surface area contributed by atoms with E-state index in [4.69, 9.17) is 4.74 Å². The predicted molar refractivity (Wildman–Crippen MR) is 84.2 cm³/mol. The van der Waals surface area contributed by atoms with E-state index in [2.05, 4.69) is 15.6 Å². The number of hydrogen-bond donors (Lipinski definition) is 2. The van der Waals surface area contributed by atoms with Crippen LogP contribution in [0.4, 0.5) is 11.4 Å². The molecule has 1 aromatic heterocycles. The van der Waals surface area contributed by atoms with Crippen LogP contribution in [0.1, 0.15) is 21.6 Å². The fourth-order valence-electron chi connectivity index (χ4n) is 2.10. The molecule has 1 heterocycles. The molecule has 1 amide bonds. The first-order chi connectivity index (χ1) is 10.0. The SMILES string of the molecule is CNc1cc(C)ncc1C(=O)Nc1ccc(OC)c(C)c1. The number of ether oxygens (including phenoxy) is 1. The number of anilines is 2. The Kier molecular flexibility index (Phi) is 4.42. The van der Waals surface area contributed by atoms with Gasteiger partial charge in [0.25, 0.3) is 5.91 Å². The number of pyridine rings is 1. The minimum absolute atomic E-state index is 0.198. The molecule has 0 saturated heterocycles. The van der Waals surface area contributed by atoms with E-state index < -0.39 is 0 Å². The second-order valence-electron chi connectivity index (χ2n) is 4.76. The number of hydrogen-bond acceptors (Lipinski definition) is 4. The molecule has 0 unspecified atom stereocenters. The lowest BCUT2D eigenvalue weighted by Crippen LogP contribution is -2.14. The highest BCUT2D eigenvalue weighted by atomic mass is 16.5. The van der Waals surface area contributed by atoms with Gasteiger partial charge in [0, 0.05) is 24.6 Å². The van der Waals surface area contributed by atoms with Crippen molar-refractivity contribution >= 4 is 17.3 Å². The lowest BCUT2D eigenvalue weighted by molar-refractivity contribution is 0.102. The van der Waals surface area contributed by atoms with Crippen LogP contribution in [0.5, 0.6) is 5.75 Å². The van der Waals surface area contributed by atoms with Gasteiger partial charge in [-0.2, -0.15) is 0 Å². The van der Waals surface area contributed by atoms with Crippen LogP contribution in [0, 0.1) is 13.8 Å². The molecule has 0 radical (unpaired) electrons. The lowest BCUT2D eigenvalue weighted by Gasteiger charge is -2.11. The maximum atomic E-state index is 12.3. The van der Waals surface area contributed by atoms with Gasteiger partial charge in [0.1, 0.15) is 5.75 Å². The van der Waals surface area contributed by atoms with Gasteiger partial charge in [-0.1, -0.05) is 0 Å². The number of methoxy groups -OCH3 is 1. The van der Waals surface area contributed by atoms with E-state index in [9.17, 15) is 4.79 Å². The van der Waals surface area contributed by atoms with Crippen molar-refractivity contribution < 1.29 is 9.53 Å². The highest BCUT2D eigenvalue weighted by Crippen LogP contribution is 2.23. The van der Waals surface area contributed by atoms with E-state index in [1.54, 1.807) is 20.4 Å². The summed E-state index contributed by atoms with van der Waals surface area (Å²) >= 11 is 0. The average Bonchev–Trinajstić information content (AvgIpc) is 2.47. The Hall–Kier alpha value is -2.56. The van der Waals surface area contributed by atoms with Gasteiger partial charge in [0.2, 0.25) is 0 Å². The third-order valence-corrected chi connectivity index (χ3v) is 3.21. The molecule has 0 saturated carbocycles. The Balaban J connectivity index is 2.24. The standard InChI is InChI=1S/C16H19N3O2/c1-10-7-12(5-6-15(10)21-4)19-16(20)13-9-18-11(2)8-14(13)17-3/h5-9H,1-4H3,(H,17,18)(H,19,20). The van der Waals surface area contributed by atoms with Crippen LogP contribution in [0.3, 0.4) is 0 Å². The van der Waals surface area contributed by atoms with Crippen LogP contribution in [-0.4, -0.2) is 25.0 Å². The van der Waals surface area contributed by atoms with Gasteiger partial charge < -0.3 is 15.4 Å². The van der Waals surface area contributed by atoms with Gasteiger partial charge in [-0.05, 0) is 43.7 Å². The Labute approximate surface area is 124 Å². The number of carbonyl (C=O) groups is 1. The largest absolute Gasteiger partial charge is 0.496 e. The zero-order valence-corrected chi connectivity index (χ0v) is 12.7. The van der Waals surface area contributed by atoms with Crippen LogP contribution in [0.15, 0.2) is 30.5 Å². The lowest BCUT2D eigenvalue weighted by atomic mass is 10.1. The van der Waals surface area contributed by atoms with E-state index in [-0.39, 0.29) is 5.91 Å². The number of rotatable bonds is 4. The quantitative estimate of drug-likeness (QED) is 0.906. The van der Waals surface area contributed by atoms with Crippen LogP contribution >= 0.6 is 0 Å². The second kappa shape index (κ2) is 6.26. The molecule has 5 nitrogen and oxygen atoms in total. The van der Waals surface area contributed by atoms with Crippen molar-refractivity contribution in [2.75, 3.05) is 24.8 Å². The van der Waals surface area contributed by atoms with E-state index >= 15 is 0 Å². The van der Waals surface area contributed by atoms with Crippen LogP contribution in [0.25, 0.3) is 0 Å². The number of nitrogens with zero attached hydrogens (tertiary/aromatic N) is 1. The maximum Gasteiger partial charge on any atom is 0.259 e. The van der Waals surface area contributed by atoms with Crippen molar-refractivity contribution in [1.82, 2.24) is 4.98 Å². The molecule has 0 spiro atoms. The minimum atomic E-state index is -0.198. The van der Waals surface area contributed by atoms with Gasteiger partial charge in [-0.15, -0.1) is 0 Å². The molecule has 2 rings (SSSR count). The molecule has 110 valence electrons. The molecule has 2 aromatic rings. The van der Waals surface area contributed by atoms with Crippen LogP contribution < -0.4 is 15.4 Å². The van der Waals surface area contributed by atoms with E-state index in [0.29, 0.717) is 5.56 Å². The van der Waals surface area contributed by atoms with Gasteiger partial charge in [0.05, 0.1) is 18.4 Å². The maximum absolute atomic E-state index is 12.3. The molecule has 2 N–H and O–H groups in total. The molecule has 0 aliphatic rings. The molecule has 1 aromatic carbocycles. The van der Waals surface area contributed by atoms with Crippen molar-refractivity contribution in [1.29, 1.82) is 0 Å². The summed E-state index contributed by atoms with van der Waals surface area (Å²) in [4.78, 5) is 16.5. The van der Waals surface area contributed by atoms with Crippen molar-refractivity contribution in [3.8, 4) is 5.75 Å². The molecule has 0 atom stereocenters. The van der Waals surface area contributed by atoms with Gasteiger partial charge in [0.15, 0.2) is 0 Å². The Morgan fingerprint density at radius 1 is 1.24 bits per heavy atom. The number of aromatic nitrogens is 1. The topological polar surface area (TPSA) is 63.2 Å².